The number of nitrogens with one attached hydrogen (secondary N) is 2. The molecule has 2 unspecified atom stereocenters. The van der Waals surface area contributed by atoms with E-state index in [2.05, 4.69) is 31.4 Å². The molecule has 0 amide bonds. The van der Waals surface area contributed by atoms with Crippen LogP contribution in [0.5, 0.6) is 0 Å². The monoisotopic (exact) mass is 516 g/mol. The van der Waals surface area contributed by atoms with Crippen LogP contribution in [0.3, 0.4) is 0 Å². The van der Waals surface area contributed by atoms with Gasteiger partial charge in [0.2, 0.25) is 10.0 Å². The first-order valence-corrected chi connectivity index (χ1v) is 11.5. The Balaban J connectivity index is 0.00000364. The third-order valence-electron chi connectivity index (χ3n) is 4.98. The first-order valence-electron chi connectivity index (χ1n) is 9.85. The molecule has 2 atom stereocenters. The zero-order valence-electron chi connectivity index (χ0n) is 17.2. The van der Waals surface area contributed by atoms with Gasteiger partial charge in [-0.05, 0) is 31.6 Å². The summed E-state index contributed by atoms with van der Waals surface area (Å²) in [6.07, 6.45) is 3.17. The minimum atomic E-state index is -3.03. The largest absolute Gasteiger partial charge is 0.377 e. The molecule has 0 aliphatic carbocycles. The molecule has 160 valence electrons. The van der Waals surface area contributed by atoms with Crippen molar-refractivity contribution in [3.63, 3.8) is 0 Å². The summed E-state index contributed by atoms with van der Waals surface area (Å²) in [6.45, 7) is 12.7. The highest BCUT2D eigenvalue weighted by Gasteiger charge is 2.35. The summed E-state index contributed by atoms with van der Waals surface area (Å²) in [5.74, 6) is 1.44. The molecule has 2 N–H and O–H groups in total. The van der Waals surface area contributed by atoms with Crippen LogP contribution < -0.4 is 10.6 Å². The van der Waals surface area contributed by atoms with Gasteiger partial charge in [0.1, 0.15) is 0 Å². The maximum absolute atomic E-state index is 11.9. The van der Waals surface area contributed by atoms with Gasteiger partial charge in [-0.15, -0.1) is 24.0 Å². The molecular formula is C18H37IN4O3S. The minimum absolute atomic E-state index is 0. The Labute approximate surface area is 182 Å². The van der Waals surface area contributed by atoms with Crippen LogP contribution in [0, 0.1) is 11.3 Å². The van der Waals surface area contributed by atoms with Crippen LogP contribution in [0.2, 0.25) is 0 Å². The lowest BCUT2D eigenvalue weighted by Gasteiger charge is -2.39. The van der Waals surface area contributed by atoms with E-state index in [4.69, 9.17) is 9.73 Å². The van der Waals surface area contributed by atoms with Crippen molar-refractivity contribution in [2.45, 2.75) is 53.1 Å². The second-order valence-electron chi connectivity index (χ2n) is 8.27. The number of halogens is 1. The summed E-state index contributed by atoms with van der Waals surface area (Å²) < 4.78 is 31.3. The minimum Gasteiger partial charge on any atom is -0.377 e. The van der Waals surface area contributed by atoms with E-state index in [0.717, 1.165) is 44.9 Å². The topological polar surface area (TPSA) is 83.0 Å². The van der Waals surface area contributed by atoms with Gasteiger partial charge in [-0.3, -0.25) is 4.99 Å². The Morgan fingerprint density at radius 1 is 1.26 bits per heavy atom. The molecule has 2 heterocycles. The maximum atomic E-state index is 11.9. The molecule has 2 aliphatic rings. The standard InChI is InChI=1S/C18H36N4O3S.HI/c1-5-19-17(20-9-11-22-10-7-13-26(22,23)24)21-14-15-8-6-12-25-16(15)18(2,3)4;/h15-16H,5-14H2,1-4H3,(H2,19,20,21);1H. The predicted octanol–water partition coefficient (Wildman–Crippen LogP) is 2.04. The molecule has 0 aromatic carbocycles. The molecule has 2 aliphatic heterocycles. The Morgan fingerprint density at radius 3 is 2.59 bits per heavy atom. The molecule has 27 heavy (non-hydrogen) atoms. The van der Waals surface area contributed by atoms with Gasteiger partial charge >= 0.3 is 0 Å². The number of aliphatic imine (C=N–C) groups is 1. The van der Waals surface area contributed by atoms with E-state index in [1.165, 1.54) is 0 Å². The summed E-state index contributed by atoms with van der Waals surface area (Å²) in [4.78, 5) is 4.75. The van der Waals surface area contributed by atoms with E-state index < -0.39 is 10.0 Å². The lowest BCUT2D eigenvalue weighted by atomic mass is 9.78. The van der Waals surface area contributed by atoms with Gasteiger partial charge in [0.05, 0.1) is 11.9 Å². The average Bonchev–Trinajstić information content (AvgIpc) is 2.90. The van der Waals surface area contributed by atoms with Crippen LogP contribution in [0.15, 0.2) is 4.99 Å². The van der Waals surface area contributed by atoms with Gasteiger partial charge in [0.25, 0.3) is 0 Å². The molecule has 0 bridgehead atoms. The molecule has 2 fully saturated rings. The van der Waals surface area contributed by atoms with Gasteiger partial charge < -0.3 is 15.4 Å². The van der Waals surface area contributed by atoms with Gasteiger partial charge in [-0.25, -0.2) is 12.7 Å². The van der Waals surface area contributed by atoms with Gasteiger partial charge in [-0.2, -0.15) is 0 Å². The van der Waals surface area contributed by atoms with Crippen molar-refractivity contribution in [3.05, 3.63) is 0 Å². The molecule has 9 heteroatoms. The molecule has 0 aromatic heterocycles. The third-order valence-corrected chi connectivity index (χ3v) is 6.94. The van der Waals surface area contributed by atoms with Crippen LogP contribution in [0.25, 0.3) is 0 Å². The lowest BCUT2D eigenvalue weighted by Crippen LogP contribution is -2.44. The fraction of sp³-hybridized carbons (Fsp3) is 0.944. The fourth-order valence-electron chi connectivity index (χ4n) is 3.78. The van der Waals surface area contributed by atoms with Gasteiger partial charge in [-0.1, -0.05) is 20.8 Å². The number of guanidine groups is 1. The molecule has 0 aromatic rings. The van der Waals surface area contributed by atoms with Crippen molar-refractivity contribution in [3.8, 4) is 0 Å². The van der Waals surface area contributed by atoms with Crippen molar-refractivity contribution < 1.29 is 13.2 Å². The predicted molar refractivity (Wildman–Crippen MR) is 121 cm³/mol. The van der Waals surface area contributed by atoms with Crippen molar-refractivity contribution >= 4 is 40.0 Å². The normalized spacial score (nSPS) is 26.4. The Kier molecular flexibility index (Phi) is 10.3. The summed E-state index contributed by atoms with van der Waals surface area (Å²) in [7, 11) is -3.03. The molecule has 2 saturated heterocycles. The maximum Gasteiger partial charge on any atom is 0.214 e. The summed E-state index contributed by atoms with van der Waals surface area (Å²) in [5.41, 5.74) is 0.108. The zero-order valence-corrected chi connectivity index (χ0v) is 20.3. The van der Waals surface area contributed by atoms with Crippen molar-refractivity contribution in [1.82, 2.24) is 14.9 Å². The third kappa shape index (κ3) is 7.66. The van der Waals surface area contributed by atoms with E-state index in [1.54, 1.807) is 4.31 Å². The molecule has 0 spiro atoms. The number of hydrogen-bond acceptors (Lipinski definition) is 4. The van der Waals surface area contributed by atoms with Crippen LogP contribution in [-0.4, -0.2) is 69.9 Å². The Bertz CT molecular complexity index is 578. The van der Waals surface area contributed by atoms with Crippen LogP contribution in [-0.2, 0) is 14.8 Å². The number of hydrogen-bond donors (Lipinski definition) is 2. The fourth-order valence-corrected chi connectivity index (χ4v) is 5.31. The quantitative estimate of drug-likeness (QED) is 0.321. The molecule has 2 rings (SSSR count). The Hall–Kier alpha value is -0.130. The zero-order chi connectivity index (χ0) is 19.2. The van der Waals surface area contributed by atoms with Crippen molar-refractivity contribution in [1.29, 1.82) is 0 Å². The second kappa shape index (κ2) is 11.2. The highest BCUT2D eigenvalue weighted by atomic mass is 127. The molecule has 0 saturated carbocycles. The number of nitrogens with zero attached hydrogens (tertiary/aromatic N) is 2. The van der Waals surface area contributed by atoms with Crippen LogP contribution in [0.1, 0.15) is 47.0 Å². The molecular weight excluding hydrogens is 479 g/mol. The smallest absolute Gasteiger partial charge is 0.214 e. The summed E-state index contributed by atoms with van der Waals surface area (Å²) in [6, 6.07) is 0. The molecule has 0 radical (unpaired) electrons. The first kappa shape index (κ1) is 24.9. The van der Waals surface area contributed by atoms with E-state index >= 15 is 0 Å². The van der Waals surface area contributed by atoms with Gasteiger partial charge in [0.15, 0.2) is 5.96 Å². The lowest BCUT2D eigenvalue weighted by molar-refractivity contribution is -0.0823. The number of rotatable bonds is 6. The van der Waals surface area contributed by atoms with E-state index in [1.807, 2.05) is 6.92 Å². The average molecular weight is 516 g/mol. The summed E-state index contributed by atoms with van der Waals surface area (Å²) >= 11 is 0. The Morgan fingerprint density at radius 2 is 2.00 bits per heavy atom. The van der Waals surface area contributed by atoms with E-state index in [0.29, 0.717) is 25.6 Å². The first-order chi connectivity index (χ1) is 12.2. The van der Waals surface area contributed by atoms with Crippen LogP contribution >= 0.6 is 24.0 Å². The highest BCUT2D eigenvalue weighted by molar-refractivity contribution is 14.0. The number of sulfonamides is 1. The molecule has 7 nitrogen and oxygen atoms in total. The van der Waals surface area contributed by atoms with E-state index in [9.17, 15) is 8.42 Å². The SMILES string of the molecule is CCNC(=NCC1CCCOC1C(C)(C)C)NCCN1CCCS1(=O)=O.I. The summed E-state index contributed by atoms with van der Waals surface area (Å²) in [5, 5.41) is 6.52. The number of ether oxygens (including phenoxy) is 1. The highest BCUT2D eigenvalue weighted by Crippen LogP contribution is 2.34. The van der Waals surface area contributed by atoms with Crippen molar-refractivity contribution in [2.75, 3.05) is 45.1 Å². The van der Waals surface area contributed by atoms with E-state index in [-0.39, 0.29) is 41.2 Å². The van der Waals surface area contributed by atoms with Gasteiger partial charge in [0, 0.05) is 45.2 Å². The second-order valence-corrected chi connectivity index (χ2v) is 10.4. The van der Waals surface area contributed by atoms with Crippen molar-refractivity contribution in [2.24, 2.45) is 16.3 Å². The van der Waals surface area contributed by atoms with Crippen LogP contribution in [0.4, 0.5) is 0 Å².